The number of nitrogens with zero attached hydrogens (tertiary/aromatic N) is 2. The van der Waals surface area contributed by atoms with Crippen LogP contribution < -0.4 is 0 Å². The Balaban J connectivity index is 2.01. The maximum atomic E-state index is 9.90. The second-order valence-electron chi connectivity index (χ2n) is 4.34. The number of aliphatic hydroxyl groups is 1. The Labute approximate surface area is 110 Å². The molecule has 96 valence electrons. The van der Waals surface area contributed by atoms with E-state index in [4.69, 9.17) is 4.74 Å². The molecule has 0 saturated heterocycles. The summed E-state index contributed by atoms with van der Waals surface area (Å²) in [5, 5.41) is 14.2. The lowest BCUT2D eigenvalue weighted by molar-refractivity contribution is -0.0955. The Morgan fingerprint density at radius 3 is 3.33 bits per heavy atom. The highest BCUT2D eigenvalue weighted by Crippen LogP contribution is 2.37. The normalized spacial score (nSPS) is 15.9. The van der Waals surface area contributed by atoms with Crippen molar-refractivity contribution in [3.8, 4) is 11.3 Å². The maximum Gasteiger partial charge on any atom is 0.190 e. The first-order chi connectivity index (χ1) is 8.79. The molecule has 3 rings (SSSR count). The Morgan fingerprint density at radius 2 is 2.50 bits per heavy atom. The predicted octanol–water partition coefficient (Wildman–Crippen LogP) is 2.59. The van der Waals surface area contributed by atoms with E-state index in [1.165, 1.54) is 10.4 Å². The first-order valence-corrected chi connectivity index (χ1v) is 7.05. The molecule has 1 aliphatic heterocycles. The molecule has 18 heavy (non-hydrogen) atoms. The molecule has 1 atom stereocenters. The van der Waals surface area contributed by atoms with Crippen LogP contribution >= 0.6 is 11.3 Å². The number of ether oxygens (including phenoxy) is 1. The van der Waals surface area contributed by atoms with Crippen molar-refractivity contribution in [1.29, 1.82) is 0 Å². The number of aryl methyl sites for hydroxylation is 2. The summed E-state index contributed by atoms with van der Waals surface area (Å²) in [6.45, 7) is 3.37. The van der Waals surface area contributed by atoms with Crippen molar-refractivity contribution < 1.29 is 9.84 Å². The zero-order valence-corrected chi connectivity index (χ0v) is 11.1. The first-order valence-electron chi connectivity index (χ1n) is 6.24. The summed E-state index contributed by atoms with van der Waals surface area (Å²) >= 11 is 1.65. The minimum atomic E-state index is -0.803. The van der Waals surface area contributed by atoms with Gasteiger partial charge in [0, 0.05) is 29.8 Å². The molecular weight excluding hydrogens is 248 g/mol. The fourth-order valence-corrected chi connectivity index (χ4v) is 3.49. The van der Waals surface area contributed by atoms with Gasteiger partial charge in [-0.05, 0) is 31.9 Å². The Bertz CT molecular complexity index is 547. The van der Waals surface area contributed by atoms with Gasteiger partial charge in [0.2, 0.25) is 0 Å². The van der Waals surface area contributed by atoms with E-state index in [2.05, 4.69) is 5.10 Å². The topological polar surface area (TPSA) is 47.3 Å². The fraction of sp³-hybridized carbons (Fsp3) is 0.462. The van der Waals surface area contributed by atoms with Crippen LogP contribution in [0.25, 0.3) is 11.3 Å². The monoisotopic (exact) mass is 264 g/mol. The molecule has 2 aromatic heterocycles. The van der Waals surface area contributed by atoms with Crippen LogP contribution in [0.4, 0.5) is 0 Å². The van der Waals surface area contributed by atoms with Gasteiger partial charge in [0.25, 0.3) is 0 Å². The molecule has 1 aliphatic rings. The SMILES string of the molecule is CCOC(O)c1cc2c(s1)CCCn1nccc1-2. The van der Waals surface area contributed by atoms with Crippen molar-refractivity contribution in [3.05, 3.63) is 28.1 Å². The molecule has 4 nitrogen and oxygen atoms in total. The summed E-state index contributed by atoms with van der Waals surface area (Å²) in [5.74, 6) is 0. The largest absolute Gasteiger partial charge is 0.364 e. The van der Waals surface area contributed by atoms with Crippen LogP contribution in [-0.4, -0.2) is 21.5 Å². The Kier molecular flexibility index (Phi) is 3.20. The zero-order chi connectivity index (χ0) is 12.5. The molecule has 0 amide bonds. The molecule has 0 fully saturated rings. The lowest BCUT2D eigenvalue weighted by Gasteiger charge is -2.07. The van der Waals surface area contributed by atoms with Gasteiger partial charge >= 0.3 is 0 Å². The van der Waals surface area contributed by atoms with E-state index in [1.807, 2.05) is 29.9 Å². The van der Waals surface area contributed by atoms with Crippen molar-refractivity contribution in [1.82, 2.24) is 9.78 Å². The van der Waals surface area contributed by atoms with E-state index in [0.717, 1.165) is 30.0 Å². The molecule has 1 unspecified atom stereocenters. The van der Waals surface area contributed by atoms with E-state index >= 15 is 0 Å². The molecule has 0 spiro atoms. The van der Waals surface area contributed by atoms with Crippen molar-refractivity contribution in [2.75, 3.05) is 6.61 Å². The van der Waals surface area contributed by atoms with Crippen LogP contribution in [0.1, 0.15) is 29.4 Å². The molecule has 0 radical (unpaired) electrons. The van der Waals surface area contributed by atoms with Crippen LogP contribution in [0.5, 0.6) is 0 Å². The molecule has 0 bridgehead atoms. The summed E-state index contributed by atoms with van der Waals surface area (Å²) < 4.78 is 7.29. The van der Waals surface area contributed by atoms with E-state index in [9.17, 15) is 5.11 Å². The third kappa shape index (κ3) is 1.98. The average molecular weight is 264 g/mol. The first kappa shape index (κ1) is 11.9. The van der Waals surface area contributed by atoms with E-state index in [0.29, 0.717) is 6.61 Å². The highest BCUT2D eigenvalue weighted by Gasteiger charge is 2.20. The lowest BCUT2D eigenvalue weighted by Crippen LogP contribution is -2.01. The summed E-state index contributed by atoms with van der Waals surface area (Å²) in [7, 11) is 0. The van der Waals surface area contributed by atoms with Gasteiger partial charge in [-0.1, -0.05) is 0 Å². The number of fused-ring (bicyclic) bond motifs is 3. The number of rotatable bonds is 3. The minimum absolute atomic E-state index is 0.516. The fourth-order valence-electron chi connectivity index (χ4n) is 2.34. The van der Waals surface area contributed by atoms with Gasteiger partial charge in [-0.3, -0.25) is 4.68 Å². The van der Waals surface area contributed by atoms with E-state index in [1.54, 1.807) is 11.3 Å². The third-order valence-corrected chi connectivity index (χ3v) is 4.39. The standard InChI is InChI=1S/C13H16N2O2S/c1-2-17-13(16)12-8-9-10-5-6-14-15(10)7-3-4-11(9)18-12/h5-6,8,13,16H,2-4,7H2,1H3. The van der Waals surface area contributed by atoms with Crippen molar-refractivity contribution in [2.45, 2.75) is 32.6 Å². The highest BCUT2D eigenvalue weighted by atomic mass is 32.1. The minimum Gasteiger partial charge on any atom is -0.364 e. The van der Waals surface area contributed by atoms with E-state index in [-0.39, 0.29) is 0 Å². The number of aliphatic hydroxyl groups excluding tert-OH is 1. The molecule has 0 aliphatic carbocycles. The molecule has 2 aromatic rings. The summed E-state index contributed by atoms with van der Waals surface area (Å²) in [4.78, 5) is 2.21. The lowest BCUT2D eigenvalue weighted by atomic mass is 10.1. The van der Waals surface area contributed by atoms with Crippen LogP contribution in [0, 0.1) is 0 Å². The van der Waals surface area contributed by atoms with Gasteiger partial charge < -0.3 is 9.84 Å². The molecule has 5 heteroatoms. The van der Waals surface area contributed by atoms with Gasteiger partial charge in [-0.2, -0.15) is 5.10 Å². The molecule has 0 aromatic carbocycles. The van der Waals surface area contributed by atoms with Crippen molar-refractivity contribution in [2.24, 2.45) is 0 Å². The van der Waals surface area contributed by atoms with Crippen LogP contribution in [0.3, 0.4) is 0 Å². The second kappa shape index (κ2) is 4.84. The molecule has 1 N–H and O–H groups in total. The van der Waals surface area contributed by atoms with Crippen LogP contribution in [0.2, 0.25) is 0 Å². The van der Waals surface area contributed by atoms with Gasteiger partial charge in [-0.25, -0.2) is 0 Å². The molecule has 0 saturated carbocycles. The third-order valence-electron chi connectivity index (χ3n) is 3.16. The summed E-state index contributed by atoms with van der Waals surface area (Å²) in [6.07, 6.45) is 3.17. The maximum absolute atomic E-state index is 9.90. The average Bonchev–Trinajstić information content (AvgIpc) is 2.94. The highest BCUT2D eigenvalue weighted by molar-refractivity contribution is 7.12. The van der Waals surface area contributed by atoms with Crippen LogP contribution in [-0.2, 0) is 17.7 Å². The quantitative estimate of drug-likeness (QED) is 0.867. The van der Waals surface area contributed by atoms with Crippen LogP contribution in [0.15, 0.2) is 18.3 Å². The molecule has 3 heterocycles. The van der Waals surface area contributed by atoms with Crippen molar-refractivity contribution in [3.63, 3.8) is 0 Å². The second-order valence-corrected chi connectivity index (χ2v) is 5.50. The smallest absolute Gasteiger partial charge is 0.190 e. The van der Waals surface area contributed by atoms with Gasteiger partial charge in [0.1, 0.15) is 0 Å². The number of thiophene rings is 1. The predicted molar refractivity (Wildman–Crippen MR) is 70.4 cm³/mol. The van der Waals surface area contributed by atoms with Gasteiger partial charge in [-0.15, -0.1) is 11.3 Å². The molecular formula is C13H16N2O2S. The Hall–Kier alpha value is -1.17. The van der Waals surface area contributed by atoms with Gasteiger partial charge in [0.15, 0.2) is 6.29 Å². The van der Waals surface area contributed by atoms with Crippen molar-refractivity contribution >= 4 is 11.3 Å². The zero-order valence-electron chi connectivity index (χ0n) is 10.3. The Morgan fingerprint density at radius 1 is 1.61 bits per heavy atom. The summed E-state index contributed by atoms with van der Waals surface area (Å²) in [6, 6.07) is 4.08. The number of aromatic nitrogens is 2. The number of hydrogen-bond donors (Lipinski definition) is 1. The van der Waals surface area contributed by atoms with Gasteiger partial charge in [0.05, 0.1) is 10.6 Å². The number of hydrogen-bond acceptors (Lipinski definition) is 4. The summed E-state index contributed by atoms with van der Waals surface area (Å²) in [5.41, 5.74) is 2.34. The van der Waals surface area contributed by atoms with E-state index < -0.39 is 6.29 Å².